The molecular weight excluding hydrogens is 288 g/mol. The van der Waals surface area contributed by atoms with Gasteiger partial charge in [0.25, 0.3) is 0 Å². The predicted octanol–water partition coefficient (Wildman–Crippen LogP) is 2.08. The molecule has 3 heterocycles. The van der Waals surface area contributed by atoms with Crippen LogP contribution in [0.5, 0.6) is 0 Å². The van der Waals surface area contributed by atoms with Crippen LogP contribution in [0.2, 0.25) is 0 Å². The van der Waals surface area contributed by atoms with E-state index in [0.717, 1.165) is 37.1 Å². The second kappa shape index (κ2) is 6.68. The van der Waals surface area contributed by atoms with Crippen LogP contribution in [0.15, 0.2) is 24.5 Å². The van der Waals surface area contributed by atoms with Crippen LogP contribution in [0.4, 0.5) is 0 Å². The monoisotopic (exact) mass is 308 g/mol. The number of nitrogens with one attached hydrogen (secondary N) is 1. The molecule has 0 aromatic carbocycles. The van der Waals surface area contributed by atoms with Crippen LogP contribution in [0.25, 0.3) is 11.0 Å². The molecule has 2 aromatic rings. The number of aromatic nitrogens is 2. The summed E-state index contributed by atoms with van der Waals surface area (Å²) in [6.45, 7) is 5.01. The Kier molecular flexibility index (Phi) is 4.45. The lowest BCUT2D eigenvalue weighted by molar-refractivity contribution is 0.330. The Morgan fingerprint density at radius 2 is 2.26 bits per heavy atom. The van der Waals surface area contributed by atoms with Crippen LogP contribution in [0.1, 0.15) is 25.3 Å². The van der Waals surface area contributed by atoms with Crippen molar-refractivity contribution in [2.45, 2.75) is 25.8 Å². The zero-order valence-corrected chi connectivity index (χ0v) is 13.2. The maximum absolute atomic E-state index is 8.96. The van der Waals surface area contributed by atoms with Crippen molar-refractivity contribution in [1.29, 1.82) is 10.5 Å². The van der Waals surface area contributed by atoms with E-state index in [2.05, 4.69) is 34.4 Å². The van der Waals surface area contributed by atoms with Crippen LogP contribution < -0.4 is 5.43 Å². The number of rotatable bonds is 5. The molecule has 1 aliphatic rings. The summed E-state index contributed by atoms with van der Waals surface area (Å²) in [4.78, 5) is 6.74. The van der Waals surface area contributed by atoms with Crippen LogP contribution in [0.3, 0.4) is 0 Å². The topological polar surface area (TPSA) is 80.7 Å². The van der Waals surface area contributed by atoms with E-state index in [1.807, 2.05) is 23.0 Å². The fraction of sp³-hybridized carbons (Fsp3) is 0.471. The number of hydrogen-bond acceptors (Lipinski definition) is 5. The van der Waals surface area contributed by atoms with Gasteiger partial charge in [0.05, 0.1) is 17.7 Å². The van der Waals surface area contributed by atoms with Gasteiger partial charge in [0, 0.05) is 43.8 Å². The highest BCUT2D eigenvalue weighted by molar-refractivity contribution is 5.77. The summed E-state index contributed by atoms with van der Waals surface area (Å²) in [5, 5.41) is 18.7. The number of pyridine rings is 1. The third-order valence-electron chi connectivity index (χ3n) is 4.54. The molecule has 0 spiro atoms. The fourth-order valence-electron chi connectivity index (χ4n) is 3.28. The van der Waals surface area contributed by atoms with E-state index in [4.69, 9.17) is 10.5 Å². The molecule has 0 aliphatic carbocycles. The van der Waals surface area contributed by atoms with Gasteiger partial charge < -0.3 is 5.43 Å². The van der Waals surface area contributed by atoms with Crippen LogP contribution >= 0.6 is 0 Å². The maximum atomic E-state index is 8.96. The summed E-state index contributed by atoms with van der Waals surface area (Å²) < 4.78 is 1.96. The van der Waals surface area contributed by atoms with E-state index >= 15 is 0 Å². The van der Waals surface area contributed by atoms with Crippen LogP contribution in [-0.4, -0.2) is 40.2 Å². The Bertz CT molecular complexity index is 765. The van der Waals surface area contributed by atoms with Gasteiger partial charge in [0.1, 0.15) is 6.07 Å². The average Bonchev–Trinajstić information content (AvgIpc) is 3.16. The number of nitrogens with zero attached hydrogens (tertiary/aromatic N) is 5. The molecule has 1 fully saturated rings. The Labute approximate surface area is 135 Å². The maximum Gasteiger partial charge on any atom is 0.158 e. The van der Waals surface area contributed by atoms with Crippen molar-refractivity contribution in [2.75, 3.05) is 25.1 Å². The minimum atomic E-state index is 0.340. The Balaban J connectivity index is 1.76. The first-order chi connectivity index (χ1) is 11.2. The van der Waals surface area contributed by atoms with Gasteiger partial charge in [-0.25, -0.2) is 9.66 Å². The largest absolute Gasteiger partial charge is 0.320 e. The van der Waals surface area contributed by atoms with Crippen molar-refractivity contribution in [3.8, 4) is 12.1 Å². The van der Waals surface area contributed by atoms with Gasteiger partial charge in [-0.3, -0.25) is 4.90 Å². The number of likely N-dealkylation sites (tertiary alicyclic amines) is 1. The van der Waals surface area contributed by atoms with Gasteiger partial charge in [0.2, 0.25) is 0 Å². The third-order valence-corrected chi connectivity index (χ3v) is 4.54. The smallest absolute Gasteiger partial charge is 0.158 e. The number of fused-ring (bicyclic) bond motifs is 1. The molecule has 0 saturated carbocycles. The molecular formula is C17H20N6. The van der Waals surface area contributed by atoms with Crippen molar-refractivity contribution in [1.82, 2.24) is 14.6 Å². The standard InChI is InChI=1S/C17H20N6/c1-2-14-11-22(6-3-5-18)12-16(14)21-23-7-4-15-8-13(9-19)10-20-17(15)23/h4,7-8,10,14,16,21H,2-3,6,11-12H2,1H3/t14-,16+/m0/s1. The first kappa shape index (κ1) is 15.3. The van der Waals surface area contributed by atoms with Gasteiger partial charge >= 0.3 is 0 Å². The van der Waals surface area contributed by atoms with Gasteiger partial charge in [-0.05, 0) is 18.1 Å². The molecule has 2 aromatic heterocycles. The first-order valence-corrected chi connectivity index (χ1v) is 7.98. The summed E-state index contributed by atoms with van der Waals surface area (Å²) in [6, 6.07) is 8.50. The zero-order chi connectivity index (χ0) is 16.2. The summed E-state index contributed by atoms with van der Waals surface area (Å²) in [7, 11) is 0. The SMILES string of the molecule is CC[C@H]1CN(CCC#N)C[C@H]1Nn1ccc2cc(C#N)cnc21. The number of hydrogen-bond donors (Lipinski definition) is 1. The molecule has 118 valence electrons. The summed E-state index contributed by atoms with van der Waals surface area (Å²) >= 11 is 0. The highest BCUT2D eigenvalue weighted by Crippen LogP contribution is 2.22. The normalized spacial score (nSPS) is 21.2. The minimum absolute atomic E-state index is 0.340. The first-order valence-electron chi connectivity index (χ1n) is 7.98. The zero-order valence-electron chi connectivity index (χ0n) is 13.2. The lowest BCUT2D eigenvalue weighted by Gasteiger charge is -2.20. The molecule has 1 saturated heterocycles. The third kappa shape index (κ3) is 3.13. The summed E-state index contributed by atoms with van der Waals surface area (Å²) in [5.41, 5.74) is 4.97. The van der Waals surface area contributed by atoms with E-state index in [9.17, 15) is 0 Å². The van der Waals surface area contributed by atoms with E-state index in [1.54, 1.807) is 6.20 Å². The van der Waals surface area contributed by atoms with E-state index in [0.29, 0.717) is 23.9 Å². The van der Waals surface area contributed by atoms with Gasteiger partial charge in [-0.2, -0.15) is 10.5 Å². The Morgan fingerprint density at radius 3 is 3.00 bits per heavy atom. The summed E-state index contributed by atoms with van der Waals surface area (Å²) in [5.74, 6) is 0.560. The second-order valence-electron chi connectivity index (χ2n) is 6.01. The van der Waals surface area contributed by atoms with Crippen LogP contribution in [0, 0.1) is 28.6 Å². The molecule has 3 rings (SSSR count). The highest BCUT2D eigenvalue weighted by atomic mass is 15.4. The molecule has 0 amide bonds. The van der Waals surface area contributed by atoms with E-state index in [1.165, 1.54) is 0 Å². The molecule has 2 atom stereocenters. The molecule has 6 nitrogen and oxygen atoms in total. The molecule has 0 unspecified atom stereocenters. The van der Waals surface area contributed by atoms with Gasteiger partial charge in [-0.1, -0.05) is 13.3 Å². The van der Waals surface area contributed by atoms with E-state index in [-0.39, 0.29) is 0 Å². The molecule has 1 N–H and O–H groups in total. The van der Waals surface area contributed by atoms with Gasteiger partial charge in [-0.15, -0.1) is 0 Å². The highest BCUT2D eigenvalue weighted by Gasteiger charge is 2.31. The molecule has 1 aliphatic heterocycles. The second-order valence-corrected chi connectivity index (χ2v) is 6.01. The van der Waals surface area contributed by atoms with Crippen molar-refractivity contribution in [3.05, 3.63) is 30.1 Å². The van der Waals surface area contributed by atoms with Crippen molar-refractivity contribution < 1.29 is 0 Å². The molecule has 0 bridgehead atoms. The van der Waals surface area contributed by atoms with Crippen molar-refractivity contribution in [3.63, 3.8) is 0 Å². The van der Waals surface area contributed by atoms with Crippen molar-refractivity contribution >= 4 is 11.0 Å². The lowest BCUT2D eigenvalue weighted by atomic mass is 10.0. The molecule has 23 heavy (non-hydrogen) atoms. The quantitative estimate of drug-likeness (QED) is 0.914. The number of nitriles is 2. The average molecular weight is 308 g/mol. The van der Waals surface area contributed by atoms with Crippen LogP contribution in [-0.2, 0) is 0 Å². The summed E-state index contributed by atoms with van der Waals surface area (Å²) in [6.07, 6.45) is 5.25. The lowest BCUT2D eigenvalue weighted by Crippen LogP contribution is -2.34. The van der Waals surface area contributed by atoms with Crippen molar-refractivity contribution in [2.24, 2.45) is 5.92 Å². The minimum Gasteiger partial charge on any atom is -0.320 e. The predicted molar refractivity (Wildman–Crippen MR) is 88.0 cm³/mol. The Hall–Kier alpha value is -2.57. The van der Waals surface area contributed by atoms with Gasteiger partial charge in [0.15, 0.2) is 5.65 Å². The van der Waals surface area contributed by atoms with E-state index < -0.39 is 0 Å². The molecule has 0 radical (unpaired) electrons. The Morgan fingerprint density at radius 1 is 1.39 bits per heavy atom. The fourth-order valence-corrected chi connectivity index (χ4v) is 3.28. The molecule has 6 heteroatoms.